The predicted octanol–water partition coefficient (Wildman–Crippen LogP) is 1.41. The zero-order valence-electron chi connectivity index (χ0n) is 6.07. The Morgan fingerprint density at radius 1 is 1.82 bits per heavy atom. The zero-order valence-corrected chi connectivity index (χ0v) is 6.89. The van der Waals surface area contributed by atoms with Crippen LogP contribution in [-0.4, -0.2) is 22.8 Å². The van der Waals surface area contributed by atoms with Crippen molar-refractivity contribution in [2.45, 2.75) is 0 Å². The highest BCUT2D eigenvalue weighted by Gasteiger charge is 2.14. The summed E-state index contributed by atoms with van der Waals surface area (Å²) >= 11 is 1.76. The first kappa shape index (κ1) is 6.79. The summed E-state index contributed by atoms with van der Waals surface area (Å²) in [5.41, 5.74) is 1.97. The molecule has 2 rings (SSSR count). The summed E-state index contributed by atoms with van der Waals surface area (Å²) in [5, 5.41) is 2.08. The van der Waals surface area contributed by atoms with Gasteiger partial charge in [-0.25, -0.2) is 4.98 Å². The molecule has 1 aromatic rings. The molecule has 0 saturated carbocycles. The third-order valence-electron chi connectivity index (χ3n) is 1.53. The van der Waals surface area contributed by atoms with Gasteiger partial charge in [0.15, 0.2) is 0 Å². The second kappa shape index (κ2) is 2.62. The fraction of sp³-hybridized carbons (Fsp3) is 0.286. The Balaban J connectivity index is 2.30. The summed E-state index contributed by atoms with van der Waals surface area (Å²) in [7, 11) is 2.03. The van der Waals surface area contributed by atoms with E-state index in [2.05, 4.69) is 21.7 Å². The van der Waals surface area contributed by atoms with Gasteiger partial charge in [0, 0.05) is 7.05 Å². The maximum absolute atomic E-state index is 4.76. The molecule has 0 unspecified atom stereocenters. The molecule has 1 aliphatic rings. The number of rotatable bonds is 1. The Hall–Kier alpha value is -0.900. The minimum atomic E-state index is 0.859. The van der Waals surface area contributed by atoms with E-state index in [1.807, 2.05) is 7.05 Å². The number of nitrogens with zero attached hydrogens (tertiary/aromatic N) is 2. The van der Waals surface area contributed by atoms with Crippen LogP contribution in [0.2, 0.25) is 0 Å². The van der Waals surface area contributed by atoms with Crippen molar-refractivity contribution in [1.29, 1.82) is 0 Å². The number of hydrogen-bond acceptors (Lipinski definition) is 4. The normalized spacial score (nSPS) is 17.2. The SMILES string of the molecule is CN1CSC=C1c1co[c]n1. The zero-order chi connectivity index (χ0) is 7.68. The number of thioether (sulfide) groups is 1. The largest absolute Gasteiger partial charge is 0.440 e. The van der Waals surface area contributed by atoms with Crippen molar-refractivity contribution in [3.8, 4) is 0 Å². The lowest BCUT2D eigenvalue weighted by atomic mass is 10.3. The van der Waals surface area contributed by atoms with Crippen molar-refractivity contribution in [3.05, 3.63) is 23.8 Å². The smallest absolute Gasteiger partial charge is 0.284 e. The molecule has 0 fully saturated rings. The second-order valence-electron chi connectivity index (χ2n) is 2.32. The summed E-state index contributed by atoms with van der Waals surface area (Å²) in [4.78, 5) is 6.06. The minimum Gasteiger partial charge on any atom is -0.440 e. The van der Waals surface area contributed by atoms with Gasteiger partial charge in [-0.3, -0.25) is 0 Å². The minimum absolute atomic E-state index is 0.859. The van der Waals surface area contributed by atoms with Gasteiger partial charge in [-0.05, 0) is 5.41 Å². The van der Waals surface area contributed by atoms with Crippen molar-refractivity contribution in [2.24, 2.45) is 0 Å². The van der Waals surface area contributed by atoms with Gasteiger partial charge in [-0.15, -0.1) is 11.8 Å². The molecule has 0 atom stereocenters. The maximum atomic E-state index is 4.76. The van der Waals surface area contributed by atoms with E-state index in [-0.39, 0.29) is 0 Å². The summed E-state index contributed by atoms with van der Waals surface area (Å²) in [5.74, 6) is 0.988. The van der Waals surface area contributed by atoms with Crippen LogP contribution in [0.5, 0.6) is 0 Å². The molecule has 0 amide bonds. The van der Waals surface area contributed by atoms with Crippen LogP contribution in [0, 0.1) is 6.39 Å². The van der Waals surface area contributed by atoms with E-state index >= 15 is 0 Å². The first-order valence-electron chi connectivity index (χ1n) is 3.23. The van der Waals surface area contributed by atoms with Crippen LogP contribution in [-0.2, 0) is 0 Å². The van der Waals surface area contributed by atoms with Crippen molar-refractivity contribution in [1.82, 2.24) is 9.88 Å². The molecule has 3 nitrogen and oxygen atoms in total. The molecule has 1 radical (unpaired) electrons. The van der Waals surface area contributed by atoms with E-state index in [4.69, 9.17) is 4.42 Å². The number of oxazole rings is 1. The number of aromatic nitrogens is 1. The van der Waals surface area contributed by atoms with E-state index in [0.29, 0.717) is 0 Å². The summed E-state index contributed by atoms with van der Waals surface area (Å²) < 4.78 is 4.76. The first-order valence-corrected chi connectivity index (χ1v) is 4.27. The molecule has 1 aliphatic heterocycles. The van der Waals surface area contributed by atoms with Crippen LogP contribution in [0.1, 0.15) is 5.69 Å². The van der Waals surface area contributed by atoms with Crippen molar-refractivity contribution >= 4 is 17.5 Å². The van der Waals surface area contributed by atoms with Gasteiger partial charge < -0.3 is 9.32 Å². The lowest BCUT2D eigenvalue weighted by Gasteiger charge is -2.11. The lowest BCUT2D eigenvalue weighted by Crippen LogP contribution is -2.10. The molecule has 0 bridgehead atoms. The Morgan fingerprint density at radius 3 is 3.27 bits per heavy atom. The average molecular weight is 167 g/mol. The summed E-state index contributed by atoms with van der Waals surface area (Å²) in [6.45, 7) is 0. The summed E-state index contributed by atoms with van der Waals surface area (Å²) in [6.07, 6.45) is 4.03. The van der Waals surface area contributed by atoms with E-state index in [0.717, 1.165) is 17.3 Å². The predicted molar refractivity (Wildman–Crippen MR) is 43.5 cm³/mol. The average Bonchev–Trinajstić information content (AvgIpc) is 2.55. The van der Waals surface area contributed by atoms with Gasteiger partial charge >= 0.3 is 0 Å². The van der Waals surface area contributed by atoms with Gasteiger partial charge in [0.1, 0.15) is 12.0 Å². The Morgan fingerprint density at radius 2 is 2.73 bits per heavy atom. The molecular weight excluding hydrogens is 160 g/mol. The Kier molecular flexibility index (Phi) is 1.62. The molecule has 0 aromatic carbocycles. The van der Waals surface area contributed by atoms with Crippen molar-refractivity contribution in [3.63, 3.8) is 0 Å². The highest BCUT2D eigenvalue weighted by Crippen LogP contribution is 2.27. The van der Waals surface area contributed by atoms with E-state index in [1.165, 1.54) is 0 Å². The highest BCUT2D eigenvalue weighted by molar-refractivity contribution is 8.02. The van der Waals surface area contributed by atoms with Gasteiger partial charge in [0.25, 0.3) is 6.39 Å². The Labute approximate surface area is 69.1 Å². The molecular formula is C7H7N2OS. The van der Waals surface area contributed by atoms with E-state index in [9.17, 15) is 0 Å². The molecule has 2 heterocycles. The molecule has 0 aliphatic carbocycles. The van der Waals surface area contributed by atoms with Crippen LogP contribution in [0.4, 0.5) is 0 Å². The molecule has 11 heavy (non-hydrogen) atoms. The topological polar surface area (TPSA) is 29.3 Å². The molecule has 57 valence electrons. The van der Waals surface area contributed by atoms with Gasteiger partial charge in [-0.2, -0.15) is 0 Å². The van der Waals surface area contributed by atoms with E-state index in [1.54, 1.807) is 18.0 Å². The maximum Gasteiger partial charge on any atom is 0.284 e. The van der Waals surface area contributed by atoms with Crippen LogP contribution in [0.25, 0.3) is 5.70 Å². The van der Waals surface area contributed by atoms with E-state index < -0.39 is 0 Å². The van der Waals surface area contributed by atoms with Gasteiger partial charge in [0.2, 0.25) is 0 Å². The first-order chi connectivity index (χ1) is 5.38. The van der Waals surface area contributed by atoms with Crippen LogP contribution >= 0.6 is 11.8 Å². The van der Waals surface area contributed by atoms with Crippen molar-refractivity contribution in [2.75, 3.05) is 12.9 Å². The molecule has 0 saturated heterocycles. The van der Waals surface area contributed by atoms with Gasteiger partial charge in [-0.1, -0.05) is 0 Å². The number of hydrogen-bond donors (Lipinski definition) is 0. The van der Waals surface area contributed by atoms with Crippen LogP contribution in [0.3, 0.4) is 0 Å². The van der Waals surface area contributed by atoms with Crippen molar-refractivity contribution < 1.29 is 4.42 Å². The molecule has 0 N–H and O–H groups in total. The molecule has 4 heteroatoms. The van der Waals surface area contributed by atoms with Gasteiger partial charge in [0.05, 0.1) is 11.6 Å². The molecule has 1 aromatic heterocycles. The molecule has 0 spiro atoms. The second-order valence-corrected chi connectivity index (χ2v) is 3.15. The van der Waals surface area contributed by atoms with Crippen LogP contribution in [0.15, 0.2) is 16.1 Å². The standard InChI is InChI=1S/C7H7N2OS/c1-9-5-11-3-7(9)6-2-10-4-8-6/h2-3H,5H2,1H3. The Bertz CT molecular complexity index is 268. The quantitative estimate of drug-likeness (QED) is 0.632. The summed E-state index contributed by atoms with van der Waals surface area (Å²) in [6, 6.07) is 0. The highest BCUT2D eigenvalue weighted by atomic mass is 32.2. The third kappa shape index (κ3) is 1.14. The fourth-order valence-corrected chi connectivity index (χ4v) is 1.84. The van der Waals surface area contributed by atoms with Crippen LogP contribution < -0.4 is 0 Å². The monoisotopic (exact) mass is 167 g/mol. The third-order valence-corrected chi connectivity index (χ3v) is 2.45. The fourth-order valence-electron chi connectivity index (χ4n) is 0.945. The lowest BCUT2D eigenvalue weighted by molar-refractivity contribution is 0.545.